The van der Waals surface area contributed by atoms with Gasteiger partial charge in [0.2, 0.25) is 0 Å². The van der Waals surface area contributed by atoms with Crippen LogP contribution in [0.25, 0.3) is 0 Å². The second kappa shape index (κ2) is 6.00. The number of rotatable bonds is 6. The van der Waals surface area contributed by atoms with Gasteiger partial charge >= 0.3 is 10.1 Å². The first-order chi connectivity index (χ1) is 8.68. The normalized spacial score (nSPS) is 12.6. The number of benzene rings is 1. The summed E-state index contributed by atoms with van der Waals surface area (Å²) >= 11 is 0. The number of hydrogen-bond donors (Lipinski definition) is 0. The molecule has 0 fully saturated rings. The summed E-state index contributed by atoms with van der Waals surface area (Å²) in [6.07, 6.45) is 1.33. The van der Waals surface area contributed by atoms with Crippen molar-refractivity contribution in [1.82, 2.24) is 0 Å². The summed E-state index contributed by atoms with van der Waals surface area (Å²) in [4.78, 5) is -0.878. The number of unbranched alkanes of at least 4 members (excludes halogenated alkanes) is 1. The molecule has 1 radical (unpaired) electrons. The minimum Gasteiger partial charge on any atom is -0.266 e. The van der Waals surface area contributed by atoms with Gasteiger partial charge in [-0.15, -0.1) is 0 Å². The molecule has 0 aliphatic carbocycles. The highest BCUT2D eigenvalue weighted by molar-refractivity contribution is 7.87. The second-order valence-corrected chi connectivity index (χ2v) is 6.97. The van der Waals surface area contributed by atoms with Gasteiger partial charge in [-0.25, -0.2) is 0 Å². The van der Waals surface area contributed by atoms with E-state index in [0.717, 1.165) is 18.6 Å². The minimum absolute atomic E-state index is 0.0205. The average Bonchev–Trinajstić information content (AvgIpc) is 2.27. The Kier molecular flexibility index (Phi) is 5.08. The molecule has 0 heterocycles. The monoisotopic (exact) mass is 307 g/mol. The fourth-order valence-electron chi connectivity index (χ4n) is 1.38. The first kappa shape index (κ1) is 16.1. The minimum atomic E-state index is -4.70. The molecule has 107 valence electrons. The predicted molar refractivity (Wildman–Crippen MR) is 67.1 cm³/mol. The van der Waals surface area contributed by atoms with Gasteiger partial charge in [0.15, 0.2) is 0 Å². The van der Waals surface area contributed by atoms with E-state index >= 15 is 0 Å². The average molecular weight is 307 g/mol. The molecule has 0 saturated carbocycles. The van der Waals surface area contributed by atoms with E-state index < -0.39 is 25.1 Å². The van der Waals surface area contributed by atoms with E-state index in [1.165, 1.54) is 13.0 Å². The molecule has 0 atom stereocenters. The van der Waals surface area contributed by atoms with Crippen molar-refractivity contribution in [3.05, 3.63) is 23.8 Å². The Morgan fingerprint density at radius 1 is 1.16 bits per heavy atom. The third-order valence-electron chi connectivity index (χ3n) is 2.45. The van der Waals surface area contributed by atoms with Gasteiger partial charge in [0, 0.05) is 0 Å². The van der Waals surface area contributed by atoms with Gasteiger partial charge in [-0.2, -0.15) is 16.8 Å². The van der Waals surface area contributed by atoms with E-state index in [-0.39, 0.29) is 11.5 Å². The SMILES string of the molecule is CCCCOS(=O)(=O)c1cc(S([O])(=O)=O)ccc1C. The molecular weight excluding hydrogens is 292 g/mol. The highest BCUT2D eigenvalue weighted by atomic mass is 32.2. The lowest BCUT2D eigenvalue weighted by molar-refractivity contribution is 0.310. The Morgan fingerprint density at radius 3 is 2.32 bits per heavy atom. The van der Waals surface area contributed by atoms with E-state index in [4.69, 9.17) is 4.18 Å². The maximum absolute atomic E-state index is 11.9. The highest BCUT2D eigenvalue weighted by Crippen LogP contribution is 2.22. The first-order valence-electron chi connectivity index (χ1n) is 5.64. The van der Waals surface area contributed by atoms with Crippen LogP contribution in [-0.4, -0.2) is 23.4 Å². The zero-order valence-corrected chi connectivity index (χ0v) is 12.3. The Bertz CT molecular complexity index is 646. The van der Waals surface area contributed by atoms with Crippen LogP contribution in [0.2, 0.25) is 0 Å². The van der Waals surface area contributed by atoms with Crippen molar-refractivity contribution in [1.29, 1.82) is 0 Å². The topological polar surface area (TPSA) is 97.4 Å². The van der Waals surface area contributed by atoms with Crippen LogP contribution < -0.4 is 0 Å². The summed E-state index contributed by atoms with van der Waals surface area (Å²) in [5.74, 6) is 0. The van der Waals surface area contributed by atoms with Crippen LogP contribution in [0.15, 0.2) is 28.0 Å². The summed E-state index contributed by atoms with van der Waals surface area (Å²) in [5, 5.41) is 0. The van der Waals surface area contributed by atoms with Crippen molar-refractivity contribution in [3.8, 4) is 0 Å². The molecule has 1 aromatic carbocycles. The van der Waals surface area contributed by atoms with Gasteiger partial charge in [-0.05, 0) is 31.0 Å². The van der Waals surface area contributed by atoms with E-state index in [1.54, 1.807) is 0 Å². The molecule has 0 unspecified atom stereocenters. The third kappa shape index (κ3) is 4.27. The number of hydrogen-bond acceptors (Lipinski definition) is 5. The molecule has 1 rings (SSSR count). The zero-order chi connectivity index (χ0) is 14.7. The van der Waals surface area contributed by atoms with Gasteiger partial charge < -0.3 is 0 Å². The van der Waals surface area contributed by atoms with E-state index in [0.29, 0.717) is 12.0 Å². The molecule has 8 heteroatoms. The molecular formula is C11H15O6S2. The van der Waals surface area contributed by atoms with Crippen molar-refractivity contribution >= 4 is 20.2 Å². The van der Waals surface area contributed by atoms with E-state index in [1.807, 2.05) is 6.92 Å². The molecule has 0 aliphatic rings. The molecule has 1 aromatic rings. The largest absolute Gasteiger partial charge is 0.324 e. The summed E-state index contributed by atoms with van der Waals surface area (Å²) in [6, 6.07) is 3.17. The summed E-state index contributed by atoms with van der Waals surface area (Å²) in [7, 11) is -8.75. The molecule has 0 aromatic heterocycles. The van der Waals surface area contributed by atoms with Crippen molar-refractivity contribution in [2.45, 2.75) is 36.5 Å². The Balaban J connectivity index is 3.19. The lowest BCUT2D eigenvalue weighted by Crippen LogP contribution is -2.10. The maximum Gasteiger partial charge on any atom is 0.324 e. The van der Waals surface area contributed by atoms with Crippen LogP contribution in [-0.2, 0) is 29.0 Å². The fraction of sp³-hybridized carbons (Fsp3) is 0.455. The summed E-state index contributed by atoms with van der Waals surface area (Å²) in [6.45, 7) is 3.40. The lowest BCUT2D eigenvalue weighted by Gasteiger charge is -2.08. The third-order valence-corrected chi connectivity index (χ3v) is 4.74. The smallest absolute Gasteiger partial charge is 0.266 e. The van der Waals surface area contributed by atoms with E-state index in [9.17, 15) is 21.4 Å². The van der Waals surface area contributed by atoms with Gasteiger partial charge in [-0.1, -0.05) is 24.0 Å². The fourth-order valence-corrected chi connectivity index (χ4v) is 3.15. The van der Waals surface area contributed by atoms with Crippen molar-refractivity contribution in [3.63, 3.8) is 0 Å². The Morgan fingerprint density at radius 2 is 1.79 bits per heavy atom. The zero-order valence-electron chi connectivity index (χ0n) is 10.6. The van der Waals surface area contributed by atoms with Crippen LogP contribution in [0.3, 0.4) is 0 Å². The van der Waals surface area contributed by atoms with Crippen molar-refractivity contribution in [2.75, 3.05) is 6.61 Å². The molecule has 0 aliphatic heterocycles. The predicted octanol–water partition coefficient (Wildman–Crippen LogP) is 1.62. The van der Waals surface area contributed by atoms with Crippen molar-refractivity contribution < 1.29 is 25.6 Å². The van der Waals surface area contributed by atoms with Gasteiger partial charge in [-0.3, -0.25) is 4.18 Å². The molecule has 6 nitrogen and oxygen atoms in total. The molecule has 0 saturated heterocycles. The van der Waals surface area contributed by atoms with Crippen LogP contribution in [0.5, 0.6) is 0 Å². The molecule has 0 N–H and O–H groups in total. The molecule has 0 bridgehead atoms. The second-order valence-electron chi connectivity index (χ2n) is 4.01. The Hall–Kier alpha value is -0.960. The molecule has 0 amide bonds. The molecule has 0 spiro atoms. The summed E-state index contributed by atoms with van der Waals surface area (Å²) in [5.41, 5.74) is 0.323. The quantitative estimate of drug-likeness (QED) is 0.587. The maximum atomic E-state index is 11.9. The van der Waals surface area contributed by atoms with Crippen LogP contribution in [0.1, 0.15) is 25.3 Å². The van der Waals surface area contributed by atoms with Gasteiger partial charge in [0.25, 0.3) is 10.1 Å². The standard InChI is InChI=1S/C11H15O6S2/c1-3-4-7-17-19(15,16)11-8-10(18(12,13)14)6-5-9(11)2/h5-6,8H,3-4,7H2,1-2H3. The van der Waals surface area contributed by atoms with Gasteiger partial charge in [0.05, 0.1) is 16.4 Å². The number of aryl methyl sites for hydroxylation is 1. The van der Waals surface area contributed by atoms with Crippen LogP contribution in [0.4, 0.5) is 0 Å². The van der Waals surface area contributed by atoms with Gasteiger partial charge in [0.1, 0.15) is 0 Å². The first-order valence-corrected chi connectivity index (χ1v) is 8.46. The molecule has 19 heavy (non-hydrogen) atoms. The van der Waals surface area contributed by atoms with E-state index in [2.05, 4.69) is 0 Å². The van der Waals surface area contributed by atoms with Crippen molar-refractivity contribution in [2.24, 2.45) is 0 Å². The summed E-state index contributed by atoms with van der Waals surface area (Å²) < 4.78 is 61.2. The van der Waals surface area contributed by atoms with Crippen LogP contribution in [0, 0.1) is 6.92 Å². The lowest BCUT2D eigenvalue weighted by atomic mass is 10.2. The van der Waals surface area contributed by atoms with Crippen LogP contribution >= 0.6 is 0 Å². The highest BCUT2D eigenvalue weighted by Gasteiger charge is 2.21. The Labute approximate surface area is 113 Å².